The first-order valence-corrected chi connectivity index (χ1v) is 11.8. The van der Waals surface area contributed by atoms with Crippen molar-refractivity contribution in [1.29, 1.82) is 0 Å². The van der Waals surface area contributed by atoms with Gasteiger partial charge in [0, 0.05) is 19.5 Å². The summed E-state index contributed by atoms with van der Waals surface area (Å²) in [7, 11) is 0. The highest BCUT2D eigenvalue weighted by Crippen LogP contribution is 2.14. The number of amides is 2. The molecule has 0 unspecified atom stereocenters. The molecule has 0 spiro atoms. The minimum absolute atomic E-state index is 0.0160. The normalized spacial score (nSPS) is 10.7. The molecule has 2 amide bonds. The molecule has 0 aliphatic carbocycles. The van der Waals surface area contributed by atoms with Crippen molar-refractivity contribution in [3.05, 3.63) is 72.2 Å². The monoisotopic (exact) mass is 438 g/mol. The lowest BCUT2D eigenvalue weighted by Crippen LogP contribution is -2.42. The van der Waals surface area contributed by atoms with E-state index in [0.717, 1.165) is 36.3 Å². The van der Waals surface area contributed by atoms with Gasteiger partial charge in [0.25, 0.3) is 0 Å². The molecular weight excluding hydrogens is 400 g/mol. The molecule has 0 bridgehead atoms. The van der Waals surface area contributed by atoms with Gasteiger partial charge in [0.1, 0.15) is 18.1 Å². The Balaban J connectivity index is 1.99. The zero-order valence-electron chi connectivity index (χ0n) is 19.7. The van der Waals surface area contributed by atoms with E-state index in [9.17, 15) is 9.59 Å². The van der Waals surface area contributed by atoms with E-state index in [1.807, 2.05) is 49.4 Å². The molecule has 2 aromatic rings. The molecule has 1 heterocycles. The van der Waals surface area contributed by atoms with E-state index < -0.39 is 0 Å². The van der Waals surface area contributed by atoms with E-state index in [1.54, 1.807) is 15.9 Å². The Morgan fingerprint density at radius 2 is 1.62 bits per heavy atom. The van der Waals surface area contributed by atoms with Crippen LogP contribution in [0.4, 0.5) is 0 Å². The molecule has 0 aliphatic heterocycles. The summed E-state index contributed by atoms with van der Waals surface area (Å²) in [5, 5.41) is 0. The van der Waals surface area contributed by atoms with Gasteiger partial charge in [0.05, 0.1) is 6.54 Å². The fraction of sp³-hybridized carbons (Fsp3) is 0.481. The number of furan rings is 1. The van der Waals surface area contributed by atoms with Crippen molar-refractivity contribution in [2.45, 2.75) is 71.9 Å². The zero-order chi connectivity index (χ0) is 23.2. The van der Waals surface area contributed by atoms with Crippen LogP contribution in [0.1, 0.15) is 69.0 Å². The van der Waals surface area contributed by atoms with Crippen LogP contribution in [0.3, 0.4) is 0 Å². The molecule has 1 aromatic heterocycles. The van der Waals surface area contributed by atoms with Gasteiger partial charge in [-0.15, -0.1) is 6.58 Å². The number of benzene rings is 1. The lowest BCUT2D eigenvalue weighted by Gasteiger charge is -2.27. The summed E-state index contributed by atoms with van der Waals surface area (Å²) in [6, 6.07) is 13.7. The van der Waals surface area contributed by atoms with Gasteiger partial charge in [-0.1, -0.05) is 75.4 Å². The van der Waals surface area contributed by atoms with Gasteiger partial charge in [0.15, 0.2) is 0 Å². The first kappa shape index (κ1) is 25.4. The number of hydrogen-bond acceptors (Lipinski definition) is 3. The minimum atomic E-state index is -0.0962. The Morgan fingerprint density at radius 1 is 0.906 bits per heavy atom. The molecule has 5 heteroatoms. The number of aryl methyl sites for hydroxylation is 1. The summed E-state index contributed by atoms with van der Waals surface area (Å²) >= 11 is 0. The highest BCUT2D eigenvalue weighted by Gasteiger charge is 2.21. The smallest absolute Gasteiger partial charge is 0.242 e. The van der Waals surface area contributed by atoms with Gasteiger partial charge in [-0.3, -0.25) is 9.59 Å². The van der Waals surface area contributed by atoms with Gasteiger partial charge < -0.3 is 14.2 Å². The first-order valence-electron chi connectivity index (χ1n) is 11.8. The largest absolute Gasteiger partial charge is 0.464 e. The van der Waals surface area contributed by atoms with Gasteiger partial charge >= 0.3 is 0 Å². The molecule has 174 valence electrons. The van der Waals surface area contributed by atoms with E-state index in [1.165, 1.54) is 19.3 Å². The van der Waals surface area contributed by atoms with Gasteiger partial charge in [-0.25, -0.2) is 0 Å². The molecule has 0 radical (unpaired) electrons. The van der Waals surface area contributed by atoms with Crippen LogP contribution in [-0.2, 0) is 22.7 Å². The summed E-state index contributed by atoms with van der Waals surface area (Å²) in [6.45, 7) is 9.11. The molecule has 0 fully saturated rings. The maximum Gasteiger partial charge on any atom is 0.242 e. The Hall–Kier alpha value is -2.82. The van der Waals surface area contributed by atoms with Crippen LogP contribution < -0.4 is 0 Å². The number of carbonyl (C=O) groups is 2. The van der Waals surface area contributed by atoms with Crippen LogP contribution in [0.25, 0.3) is 0 Å². The van der Waals surface area contributed by atoms with Crippen molar-refractivity contribution in [3.8, 4) is 0 Å². The highest BCUT2D eigenvalue weighted by molar-refractivity contribution is 5.85. The molecule has 2 rings (SSSR count). The highest BCUT2D eigenvalue weighted by atomic mass is 16.3. The van der Waals surface area contributed by atoms with Gasteiger partial charge in [-0.2, -0.15) is 0 Å². The number of hydrogen-bond donors (Lipinski definition) is 0. The first-order chi connectivity index (χ1) is 15.5. The molecule has 0 saturated carbocycles. The zero-order valence-corrected chi connectivity index (χ0v) is 19.7. The lowest BCUT2D eigenvalue weighted by molar-refractivity contribution is -0.141. The molecule has 1 aromatic carbocycles. The van der Waals surface area contributed by atoms with E-state index in [4.69, 9.17) is 4.42 Å². The SMILES string of the molecule is C=CCN(CC(=O)N(Cc1ccccc1)Cc1ccc(C)o1)C(=O)CCCCCCCC. The Bertz CT molecular complexity index is 828. The number of carbonyl (C=O) groups excluding carboxylic acids is 2. The topological polar surface area (TPSA) is 53.8 Å². The van der Waals surface area contributed by atoms with Crippen LogP contribution in [0.2, 0.25) is 0 Å². The van der Waals surface area contributed by atoms with E-state index in [-0.39, 0.29) is 18.4 Å². The fourth-order valence-electron chi connectivity index (χ4n) is 3.68. The quantitative estimate of drug-likeness (QED) is 0.258. The third-order valence-electron chi connectivity index (χ3n) is 5.48. The predicted octanol–water partition coefficient (Wildman–Crippen LogP) is 5.88. The third kappa shape index (κ3) is 9.13. The predicted molar refractivity (Wildman–Crippen MR) is 129 cm³/mol. The fourth-order valence-corrected chi connectivity index (χ4v) is 3.68. The van der Waals surface area contributed by atoms with Crippen molar-refractivity contribution in [2.75, 3.05) is 13.1 Å². The van der Waals surface area contributed by atoms with Crippen molar-refractivity contribution in [3.63, 3.8) is 0 Å². The molecule has 0 atom stereocenters. The molecule has 0 aliphatic rings. The standard InChI is InChI=1S/C27H38N2O3/c1-4-6-7-8-9-13-16-26(30)28(19-5-2)22-27(31)29(20-24-14-11-10-12-15-24)21-25-18-17-23(3)32-25/h5,10-12,14-15,17-18H,2,4,6-9,13,16,19-22H2,1,3H3. The second-order valence-electron chi connectivity index (χ2n) is 8.33. The van der Waals surface area contributed by atoms with Crippen molar-refractivity contribution >= 4 is 11.8 Å². The average molecular weight is 439 g/mol. The van der Waals surface area contributed by atoms with Gasteiger partial charge in [-0.05, 0) is 31.0 Å². The average Bonchev–Trinajstić information content (AvgIpc) is 3.20. The Labute approximate surface area is 193 Å². The third-order valence-corrected chi connectivity index (χ3v) is 5.48. The summed E-state index contributed by atoms with van der Waals surface area (Å²) < 4.78 is 5.70. The van der Waals surface area contributed by atoms with E-state index in [0.29, 0.717) is 26.1 Å². The summed E-state index contributed by atoms with van der Waals surface area (Å²) in [6.07, 6.45) is 8.93. The van der Waals surface area contributed by atoms with Crippen molar-refractivity contribution in [1.82, 2.24) is 9.80 Å². The lowest BCUT2D eigenvalue weighted by atomic mass is 10.1. The molecular formula is C27H38N2O3. The Kier molecular flexibility index (Phi) is 11.4. The second kappa shape index (κ2) is 14.3. The molecule has 0 N–H and O–H groups in total. The summed E-state index contributed by atoms with van der Waals surface area (Å²) in [5.74, 6) is 1.47. The maximum absolute atomic E-state index is 13.3. The van der Waals surface area contributed by atoms with Crippen LogP contribution in [-0.4, -0.2) is 34.7 Å². The summed E-state index contributed by atoms with van der Waals surface area (Å²) in [5.41, 5.74) is 1.04. The van der Waals surface area contributed by atoms with Crippen LogP contribution in [0.15, 0.2) is 59.5 Å². The van der Waals surface area contributed by atoms with Gasteiger partial charge in [0.2, 0.25) is 11.8 Å². The maximum atomic E-state index is 13.3. The minimum Gasteiger partial charge on any atom is -0.464 e. The Morgan fingerprint density at radius 3 is 2.28 bits per heavy atom. The van der Waals surface area contributed by atoms with Crippen LogP contribution >= 0.6 is 0 Å². The van der Waals surface area contributed by atoms with E-state index >= 15 is 0 Å². The van der Waals surface area contributed by atoms with Crippen LogP contribution in [0.5, 0.6) is 0 Å². The molecule has 32 heavy (non-hydrogen) atoms. The van der Waals surface area contributed by atoms with E-state index in [2.05, 4.69) is 13.5 Å². The number of nitrogens with zero attached hydrogens (tertiary/aromatic N) is 2. The van der Waals surface area contributed by atoms with Crippen LogP contribution in [0, 0.1) is 6.92 Å². The molecule has 5 nitrogen and oxygen atoms in total. The van der Waals surface area contributed by atoms with Crippen molar-refractivity contribution in [2.24, 2.45) is 0 Å². The number of rotatable bonds is 15. The summed E-state index contributed by atoms with van der Waals surface area (Å²) in [4.78, 5) is 29.4. The van der Waals surface area contributed by atoms with Crippen molar-refractivity contribution < 1.29 is 14.0 Å². The number of unbranched alkanes of at least 4 members (excludes halogenated alkanes) is 5. The second-order valence-corrected chi connectivity index (χ2v) is 8.33. The molecule has 0 saturated heterocycles.